The van der Waals surface area contributed by atoms with Gasteiger partial charge >= 0.3 is 0 Å². The van der Waals surface area contributed by atoms with Crippen LogP contribution < -0.4 is 11.1 Å². The van der Waals surface area contributed by atoms with Gasteiger partial charge in [0.15, 0.2) is 0 Å². The first-order valence-electron chi connectivity index (χ1n) is 4.06. The highest BCUT2D eigenvalue weighted by Crippen LogP contribution is 2.24. The van der Waals surface area contributed by atoms with Crippen molar-refractivity contribution in [2.75, 3.05) is 32.7 Å². The summed E-state index contributed by atoms with van der Waals surface area (Å²) >= 11 is 0. The molecule has 0 aromatic heterocycles. The monoisotopic (exact) mass is 141 g/mol. The van der Waals surface area contributed by atoms with Crippen LogP contribution in [0.5, 0.6) is 0 Å². The molecule has 0 amide bonds. The molecule has 0 aromatic carbocycles. The maximum Gasteiger partial charge on any atom is 0.0273 e. The Labute approximate surface area is 61.6 Å². The van der Waals surface area contributed by atoms with Crippen molar-refractivity contribution in [1.82, 2.24) is 10.2 Å². The van der Waals surface area contributed by atoms with Gasteiger partial charge in [0.1, 0.15) is 0 Å². The lowest BCUT2D eigenvalue weighted by atomic mass is 9.87. The quantitative estimate of drug-likeness (QED) is 0.484. The molecule has 2 atom stereocenters. The Morgan fingerprint density at radius 2 is 2.50 bits per heavy atom. The molecule has 3 nitrogen and oxygen atoms in total. The zero-order chi connectivity index (χ0) is 6.97. The molecule has 0 aliphatic carbocycles. The Morgan fingerprint density at radius 3 is 3.20 bits per heavy atom. The summed E-state index contributed by atoms with van der Waals surface area (Å²) in [7, 11) is 0. The molecule has 2 saturated heterocycles. The SMILES string of the molecule is NCC1CN2CCNCC12. The first-order valence-corrected chi connectivity index (χ1v) is 4.06. The number of nitrogens with one attached hydrogen (secondary N) is 1. The molecule has 0 bridgehead atoms. The van der Waals surface area contributed by atoms with Crippen LogP contribution in [0, 0.1) is 5.92 Å². The minimum absolute atomic E-state index is 0.763. The highest BCUT2D eigenvalue weighted by atomic mass is 15.3. The lowest BCUT2D eigenvalue weighted by Crippen LogP contribution is -2.66. The number of nitrogens with two attached hydrogens (primary N) is 1. The molecule has 2 aliphatic rings. The summed E-state index contributed by atoms with van der Waals surface area (Å²) in [5, 5.41) is 3.38. The van der Waals surface area contributed by atoms with Crippen LogP contribution in [0.4, 0.5) is 0 Å². The van der Waals surface area contributed by atoms with Crippen molar-refractivity contribution < 1.29 is 0 Å². The van der Waals surface area contributed by atoms with Gasteiger partial charge in [0.25, 0.3) is 0 Å². The molecule has 2 aliphatic heterocycles. The van der Waals surface area contributed by atoms with Crippen molar-refractivity contribution in [3.63, 3.8) is 0 Å². The fourth-order valence-corrected chi connectivity index (χ4v) is 1.98. The second-order valence-electron chi connectivity index (χ2n) is 3.26. The minimum atomic E-state index is 0.763. The van der Waals surface area contributed by atoms with Crippen molar-refractivity contribution in [3.8, 4) is 0 Å². The first kappa shape index (κ1) is 6.58. The van der Waals surface area contributed by atoms with Crippen molar-refractivity contribution in [3.05, 3.63) is 0 Å². The van der Waals surface area contributed by atoms with E-state index in [1.165, 1.54) is 13.1 Å². The molecule has 0 saturated carbocycles. The lowest BCUT2D eigenvalue weighted by molar-refractivity contribution is 0.00220. The third-order valence-corrected chi connectivity index (χ3v) is 2.71. The predicted molar refractivity (Wildman–Crippen MR) is 40.8 cm³/mol. The summed E-state index contributed by atoms with van der Waals surface area (Å²) in [5.41, 5.74) is 5.59. The summed E-state index contributed by atoms with van der Waals surface area (Å²) in [6.07, 6.45) is 0. The van der Waals surface area contributed by atoms with Crippen molar-refractivity contribution in [2.24, 2.45) is 11.7 Å². The Balaban J connectivity index is 1.89. The van der Waals surface area contributed by atoms with Gasteiger partial charge < -0.3 is 11.1 Å². The van der Waals surface area contributed by atoms with E-state index in [4.69, 9.17) is 5.73 Å². The molecule has 2 heterocycles. The highest BCUT2D eigenvalue weighted by molar-refractivity contribution is 4.95. The highest BCUT2D eigenvalue weighted by Gasteiger charge is 2.38. The number of fused-ring (bicyclic) bond motifs is 1. The minimum Gasteiger partial charge on any atom is -0.330 e. The zero-order valence-electron chi connectivity index (χ0n) is 6.21. The molecule has 58 valence electrons. The summed E-state index contributed by atoms with van der Waals surface area (Å²) < 4.78 is 0. The Kier molecular flexibility index (Phi) is 1.64. The van der Waals surface area contributed by atoms with Gasteiger partial charge in [-0.25, -0.2) is 0 Å². The van der Waals surface area contributed by atoms with Crippen molar-refractivity contribution >= 4 is 0 Å². The van der Waals surface area contributed by atoms with Crippen molar-refractivity contribution in [1.29, 1.82) is 0 Å². The molecule has 10 heavy (non-hydrogen) atoms. The van der Waals surface area contributed by atoms with Gasteiger partial charge in [0, 0.05) is 38.1 Å². The van der Waals surface area contributed by atoms with Gasteiger partial charge in [-0.05, 0) is 6.54 Å². The summed E-state index contributed by atoms with van der Waals surface area (Å²) in [6, 6.07) is 0.763. The van der Waals surface area contributed by atoms with Gasteiger partial charge in [0.2, 0.25) is 0 Å². The molecule has 0 radical (unpaired) electrons. The second-order valence-corrected chi connectivity index (χ2v) is 3.26. The molecule has 3 N–H and O–H groups in total. The van der Waals surface area contributed by atoms with Gasteiger partial charge in [-0.15, -0.1) is 0 Å². The van der Waals surface area contributed by atoms with E-state index in [2.05, 4.69) is 10.2 Å². The number of piperazine rings is 1. The molecule has 2 fully saturated rings. The molecule has 3 heteroatoms. The van der Waals surface area contributed by atoms with Crippen LogP contribution in [0.15, 0.2) is 0 Å². The largest absolute Gasteiger partial charge is 0.330 e. The average molecular weight is 141 g/mol. The molecular weight excluding hydrogens is 126 g/mol. The Morgan fingerprint density at radius 1 is 1.60 bits per heavy atom. The van der Waals surface area contributed by atoms with Gasteiger partial charge in [-0.1, -0.05) is 0 Å². The smallest absolute Gasteiger partial charge is 0.0273 e. The fourth-order valence-electron chi connectivity index (χ4n) is 1.98. The number of hydrogen-bond acceptors (Lipinski definition) is 3. The number of nitrogens with zero attached hydrogens (tertiary/aromatic N) is 1. The zero-order valence-corrected chi connectivity index (χ0v) is 6.21. The third-order valence-electron chi connectivity index (χ3n) is 2.71. The van der Waals surface area contributed by atoms with Crippen molar-refractivity contribution in [2.45, 2.75) is 6.04 Å². The number of rotatable bonds is 1. The normalized spacial score (nSPS) is 40.5. The standard InChI is InChI=1S/C7H15N3/c8-3-6-5-10-2-1-9-4-7(6)10/h6-7,9H,1-5,8H2. The summed E-state index contributed by atoms with van der Waals surface area (Å²) in [6.45, 7) is 5.64. The van der Waals surface area contributed by atoms with Crippen LogP contribution in [-0.2, 0) is 0 Å². The van der Waals surface area contributed by atoms with E-state index in [1.54, 1.807) is 0 Å². The van der Waals surface area contributed by atoms with Crippen LogP contribution in [0.2, 0.25) is 0 Å². The Hall–Kier alpha value is -0.120. The fraction of sp³-hybridized carbons (Fsp3) is 1.00. The number of hydrogen-bond donors (Lipinski definition) is 2. The van der Waals surface area contributed by atoms with Crippen LogP contribution in [0.25, 0.3) is 0 Å². The van der Waals surface area contributed by atoms with Gasteiger partial charge in [-0.2, -0.15) is 0 Å². The van der Waals surface area contributed by atoms with Gasteiger partial charge in [0.05, 0.1) is 0 Å². The van der Waals surface area contributed by atoms with E-state index in [9.17, 15) is 0 Å². The van der Waals surface area contributed by atoms with E-state index in [0.29, 0.717) is 0 Å². The maximum absolute atomic E-state index is 5.59. The van der Waals surface area contributed by atoms with Crippen LogP contribution >= 0.6 is 0 Å². The molecular formula is C7H15N3. The topological polar surface area (TPSA) is 41.3 Å². The molecule has 2 rings (SSSR count). The van der Waals surface area contributed by atoms with E-state index in [-0.39, 0.29) is 0 Å². The van der Waals surface area contributed by atoms with Gasteiger partial charge in [-0.3, -0.25) is 4.90 Å². The van der Waals surface area contributed by atoms with E-state index >= 15 is 0 Å². The summed E-state index contributed by atoms with van der Waals surface area (Å²) in [4.78, 5) is 2.52. The van der Waals surface area contributed by atoms with Crippen LogP contribution in [0.3, 0.4) is 0 Å². The third kappa shape index (κ3) is 0.856. The molecule has 0 spiro atoms. The van der Waals surface area contributed by atoms with E-state index in [0.717, 1.165) is 31.6 Å². The lowest BCUT2D eigenvalue weighted by Gasteiger charge is -2.50. The predicted octanol–water partition coefficient (Wildman–Crippen LogP) is -1.15. The molecule has 0 aromatic rings. The second kappa shape index (κ2) is 2.49. The Bertz CT molecular complexity index is 122. The summed E-state index contributed by atoms with van der Waals surface area (Å²) in [5.74, 6) is 0.771. The maximum atomic E-state index is 5.59. The van der Waals surface area contributed by atoms with Crippen LogP contribution in [-0.4, -0.2) is 43.7 Å². The average Bonchev–Trinajstić information content (AvgIpc) is 1.92. The van der Waals surface area contributed by atoms with Crippen LogP contribution in [0.1, 0.15) is 0 Å². The molecule has 2 unspecified atom stereocenters. The first-order chi connectivity index (χ1) is 4.92. The van der Waals surface area contributed by atoms with E-state index < -0.39 is 0 Å². The van der Waals surface area contributed by atoms with E-state index in [1.807, 2.05) is 0 Å².